The minimum absolute atomic E-state index is 0.943. The highest BCUT2D eigenvalue weighted by molar-refractivity contribution is 7.26. The zero-order valence-corrected chi connectivity index (χ0v) is 27.8. The molecule has 0 unspecified atom stereocenters. The maximum atomic E-state index is 6.21. The summed E-state index contributed by atoms with van der Waals surface area (Å²) in [7, 11) is 0. The van der Waals surface area contributed by atoms with E-state index in [1.807, 2.05) is 23.5 Å². The fourth-order valence-corrected chi connectivity index (χ4v) is 9.25. The lowest BCUT2D eigenvalue weighted by molar-refractivity contribution is 0.669. The lowest BCUT2D eigenvalue weighted by atomic mass is 9.85. The van der Waals surface area contributed by atoms with E-state index in [2.05, 4.69) is 158 Å². The van der Waals surface area contributed by atoms with Crippen LogP contribution in [0.4, 0.5) is 0 Å². The molecule has 1 nitrogen and oxygen atoms in total. The first kappa shape index (κ1) is 27.7. The smallest absolute Gasteiger partial charge is 0.136 e. The molecule has 0 radical (unpaired) electrons. The van der Waals surface area contributed by atoms with Crippen LogP contribution in [0.25, 0.3) is 108 Å². The molecule has 0 amide bonds. The van der Waals surface area contributed by atoms with Crippen molar-refractivity contribution >= 4 is 85.8 Å². The second-order valence-corrected chi connectivity index (χ2v) is 14.3. The van der Waals surface area contributed by atoms with Gasteiger partial charge in [-0.2, -0.15) is 0 Å². The molecule has 11 rings (SSSR count). The summed E-state index contributed by atoms with van der Waals surface area (Å²) in [5, 5.41) is 12.6. The van der Waals surface area contributed by atoms with Gasteiger partial charge in [0.2, 0.25) is 0 Å². The molecule has 9 aromatic carbocycles. The van der Waals surface area contributed by atoms with Crippen LogP contribution in [0.2, 0.25) is 0 Å². The van der Waals surface area contributed by atoms with Crippen LogP contribution in [0.3, 0.4) is 0 Å². The van der Waals surface area contributed by atoms with E-state index < -0.39 is 0 Å². The average Bonchev–Trinajstić information content (AvgIpc) is 3.71. The van der Waals surface area contributed by atoms with Crippen LogP contribution in [0.1, 0.15) is 0 Å². The van der Waals surface area contributed by atoms with E-state index in [-0.39, 0.29) is 0 Å². The number of furan rings is 1. The molecule has 0 fully saturated rings. The van der Waals surface area contributed by atoms with Crippen LogP contribution < -0.4 is 0 Å². The largest absolute Gasteiger partial charge is 0.456 e. The number of para-hydroxylation sites is 1. The molecule has 0 saturated heterocycles. The summed E-state index contributed by atoms with van der Waals surface area (Å²) >= 11 is 1.84. The van der Waals surface area contributed by atoms with Crippen molar-refractivity contribution < 1.29 is 4.42 Å². The molecular formula is C48H28OS. The Morgan fingerprint density at radius 1 is 0.300 bits per heavy atom. The van der Waals surface area contributed by atoms with E-state index in [0.717, 1.165) is 11.2 Å². The van der Waals surface area contributed by atoms with Crippen LogP contribution in [0.15, 0.2) is 174 Å². The second-order valence-electron chi connectivity index (χ2n) is 13.2. The van der Waals surface area contributed by atoms with Gasteiger partial charge in [0.25, 0.3) is 0 Å². The van der Waals surface area contributed by atoms with Crippen molar-refractivity contribution in [2.24, 2.45) is 0 Å². The van der Waals surface area contributed by atoms with Crippen molar-refractivity contribution in [1.29, 1.82) is 0 Å². The van der Waals surface area contributed by atoms with E-state index in [1.165, 1.54) is 96.6 Å². The maximum Gasteiger partial charge on any atom is 0.136 e. The molecule has 50 heavy (non-hydrogen) atoms. The number of rotatable bonds is 3. The number of benzene rings is 9. The minimum atomic E-state index is 0.943. The third-order valence-corrected chi connectivity index (χ3v) is 11.5. The van der Waals surface area contributed by atoms with Gasteiger partial charge in [0.15, 0.2) is 0 Å². The lowest BCUT2D eigenvalue weighted by Crippen LogP contribution is -1.90. The first-order chi connectivity index (χ1) is 24.8. The monoisotopic (exact) mass is 652 g/mol. The first-order valence-corrected chi connectivity index (χ1v) is 17.9. The Balaban J connectivity index is 1.02. The molecule has 2 aromatic heterocycles. The van der Waals surface area contributed by atoms with Gasteiger partial charge in [0.1, 0.15) is 11.2 Å². The molecule has 0 bridgehead atoms. The topological polar surface area (TPSA) is 13.1 Å². The van der Waals surface area contributed by atoms with E-state index in [4.69, 9.17) is 4.42 Å². The van der Waals surface area contributed by atoms with Gasteiger partial charge in [-0.1, -0.05) is 133 Å². The van der Waals surface area contributed by atoms with Crippen molar-refractivity contribution in [1.82, 2.24) is 0 Å². The first-order valence-electron chi connectivity index (χ1n) is 17.1. The Hall–Kier alpha value is -6.22. The molecule has 0 aliphatic heterocycles. The lowest BCUT2D eigenvalue weighted by Gasteiger charge is -2.18. The zero-order chi connectivity index (χ0) is 32.8. The van der Waals surface area contributed by atoms with Crippen LogP contribution in [-0.4, -0.2) is 0 Å². The van der Waals surface area contributed by atoms with Crippen molar-refractivity contribution in [2.45, 2.75) is 0 Å². The quantitative estimate of drug-likeness (QED) is 0.173. The predicted molar refractivity (Wildman–Crippen MR) is 215 cm³/mol. The summed E-state index contributed by atoms with van der Waals surface area (Å²) in [5.74, 6) is 0. The van der Waals surface area contributed by atoms with E-state index in [9.17, 15) is 0 Å². The summed E-state index contributed by atoms with van der Waals surface area (Å²) in [5.41, 5.74) is 9.39. The summed E-state index contributed by atoms with van der Waals surface area (Å²) in [6.07, 6.45) is 0. The molecule has 2 heteroatoms. The molecule has 11 aromatic rings. The van der Waals surface area contributed by atoms with Gasteiger partial charge in [-0.3, -0.25) is 0 Å². The van der Waals surface area contributed by atoms with Crippen molar-refractivity contribution in [3.63, 3.8) is 0 Å². The summed E-state index contributed by atoms with van der Waals surface area (Å²) in [4.78, 5) is 0. The molecule has 2 heterocycles. The fraction of sp³-hybridized carbons (Fsp3) is 0. The van der Waals surface area contributed by atoms with E-state index in [1.54, 1.807) is 0 Å². The van der Waals surface area contributed by atoms with Gasteiger partial charge in [-0.15, -0.1) is 11.3 Å². The third kappa shape index (κ3) is 4.13. The Morgan fingerprint density at radius 2 is 0.840 bits per heavy atom. The predicted octanol–water partition coefficient (Wildman–Crippen LogP) is 14.4. The van der Waals surface area contributed by atoms with Gasteiger partial charge in [-0.05, 0) is 102 Å². The molecule has 0 spiro atoms. The number of fused-ring (bicyclic) bond motifs is 9. The maximum absolute atomic E-state index is 6.21. The average molecular weight is 653 g/mol. The van der Waals surface area contributed by atoms with Crippen molar-refractivity contribution in [2.75, 3.05) is 0 Å². The summed E-state index contributed by atoms with van der Waals surface area (Å²) in [6.45, 7) is 0. The van der Waals surface area contributed by atoms with Crippen LogP contribution in [-0.2, 0) is 0 Å². The SMILES string of the molecule is c1ccc(-c2c3ccccc3c(-c3ccc(-c4ccc5cc6c(cc5c4)sc4cc5oc7ccccc7c5cc46)cc3)c3ccccc23)cc1. The third-order valence-electron chi connectivity index (χ3n) is 10.4. The van der Waals surface area contributed by atoms with Crippen molar-refractivity contribution in [3.05, 3.63) is 170 Å². The number of hydrogen-bond donors (Lipinski definition) is 0. The van der Waals surface area contributed by atoms with Gasteiger partial charge in [-0.25, -0.2) is 0 Å². The Bertz CT molecular complexity index is 3070. The Kier molecular flexibility index (Phi) is 5.89. The standard InChI is InChI=1S/C48H28OS/c1-2-10-30(11-3-1)47-36-13-4-6-15-38(36)48(39-16-7-5-14-37(39)47)31-20-18-29(19-21-31)32-22-23-33-25-41-42-27-40-35-12-8-9-17-43(35)49-44(40)28-46(42)50-45(41)26-34(33)24-32/h1-28H. The Labute approximate surface area is 292 Å². The summed E-state index contributed by atoms with van der Waals surface area (Å²) in [6, 6.07) is 62.1. The molecule has 0 saturated carbocycles. The van der Waals surface area contributed by atoms with E-state index >= 15 is 0 Å². The number of hydrogen-bond acceptors (Lipinski definition) is 2. The van der Waals surface area contributed by atoms with Crippen LogP contribution in [0, 0.1) is 0 Å². The molecule has 0 atom stereocenters. The molecule has 0 N–H and O–H groups in total. The van der Waals surface area contributed by atoms with Gasteiger partial charge in [0, 0.05) is 30.9 Å². The normalized spacial score (nSPS) is 12.0. The highest BCUT2D eigenvalue weighted by Gasteiger charge is 2.17. The molecule has 0 aliphatic carbocycles. The highest BCUT2D eigenvalue weighted by atomic mass is 32.1. The zero-order valence-electron chi connectivity index (χ0n) is 27.0. The summed E-state index contributed by atoms with van der Waals surface area (Å²) < 4.78 is 8.77. The minimum Gasteiger partial charge on any atom is -0.456 e. The highest BCUT2D eigenvalue weighted by Crippen LogP contribution is 2.45. The van der Waals surface area contributed by atoms with Gasteiger partial charge >= 0.3 is 0 Å². The van der Waals surface area contributed by atoms with E-state index in [0.29, 0.717) is 0 Å². The molecule has 232 valence electrons. The molecule has 0 aliphatic rings. The molecular weight excluding hydrogens is 625 g/mol. The van der Waals surface area contributed by atoms with Crippen LogP contribution in [0.5, 0.6) is 0 Å². The second kappa shape index (κ2) is 10.6. The van der Waals surface area contributed by atoms with Crippen LogP contribution >= 0.6 is 11.3 Å². The van der Waals surface area contributed by atoms with Gasteiger partial charge < -0.3 is 4.42 Å². The fourth-order valence-electron chi connectivity index (χ4n) is 8.10. The number of thiophene rings is 1. The van der Waals surface area contributed by atoms with Gasteiger partial charge in [0.05, 0.1) is 0 Å². The van der Waals surface area contributed by atoms with Crippen molar-refractivity contribution in [3.8, 4) is 33.4 Å². The Morgan fingerprint density at radius 3 is 1.54 bits per heavy atom.